The van der Waals surface area contributed by atoms with Crippen molar-refractivity contribution in [3.05, 3.63) is 12.4 Å². The smallest absolute Gasteiger partial charge is 0.250 e. The number of H-pyrrole nitrogens is 1. The van der Waals surface area contributed by atoms with E-state index in [2.05, 4.69) is 15.5 Å². The Kier molecular flexibility index (Phi) is 3.34. The second kappa shape index (κ2) is 4.93. The van der Waals surface area contributed by atoms with Crippen LogP contribution in [-0.4, -0.2) is 28.8 Å². The minimum Gasteiger partial charge on any atom is -0.368 e. The third-order valence-corrected chi connectivity index (χ3v) is 2.53. The van der Waals surface area contributed by atoms with Gasteiger partial charge in [0.15, 0.2) is 0 Å². The number of carbonyl (C=O) groups excluding carboxylic acids is 1. The van der Waals surface area contributed by atoms with Crippen molar-refractivity contribution in [2.24, 2.45) is 0 Å². The molecule has 2 N–H and O–H groups in total. The van der Waals surface area contributed by atoms with E-state index in [9.17, 15) is 4.79 Å². The van der Waals surface area contributed by atoms with Gasteiger partial charge >= 0.3 is 0 Å². The Labute approximate surface area is 88.2 Å². The Morgan fingerprint density at radius 1 is 1.60 bits per heavy atom. The molecule has 1 heterocycles. The minimum atomic E-state index is -0.122. The molecule has 0 spiro atoms. The predicted molar refractivity (Wildman–Crippen MR) is 55.4 cm³/mol. The first-order valence-corrected chi connectivity index (χ1v) is 5.25. The quantitative estimate of drug-likeness (QED) is 0.785. The Morgan fingerprint density at radius 2 is 2.40 bits per heavy atom. The standard InChI is InChI=1S/C10H15N3O2/c14-10(13-8-5-11-12-6-8)7-15-9-3-1-2-4-9/h5-6,9H,1-4,7H2,(H,11,12)(H,13,14). The molecule has 0 saturated heterocycles. The molecule has 15 heavy (non-hydrogen) atoms. The van der Waals surface area contributed by atoms with E-state index in [4.69, 9.17) is 4.74 Å². The van der Waals surface area contributed by atoms with Crippen LogP contribution in [0.1, 0.15) is 25.7 Å². The van der Waals surface area contributed by atoms with E-state index in [1.165, 1.54) is 12.8 Å². The lowest BCUT2D eigenvalue weighted by Crippen LogP contribution is -2.21. The molecule has 5 heteroatoms. The van der Waals surface area contributed by atoms with Crippen molar-refractivity contribution in [1.29, 1.82) is 0 Å². The number of hydrogen-bond acceptors (Lipinski definition) is 3. The molecule has 1 fully saturated rings. The number of ether oxygens (including phenoxy) is 1. The lowest BCUT2D eigenvalue weighted by Gasteiger charge is -2.10. The molecular weight excluding hydrogens is 194 g/mol. The normalized spacial score (nSPS) is 16.8. The summed E-state index contributed by atoms with van der Waals surface area (Å²) in [4.78, 5) is 11.4. The van der Waals surface area contributed by atoms with Gasteiger partial charge in [0, 0.05) is 6.20 Å². The molecule has 82 valence electrons. The molecule has 5 nitrogen and oxygen atoms in total. The third-order valence-electron chi connectivity index (χ3n) is 2.53. The fourth-order valence-corrected chi connectivity index (χ4v) is 1.76. The van der Waals surface area contributed by atoms with E-state index in [1.807, 2.05) is 0 Å². The van der Waals surface area contributed by atoms with Crippen molar-refractivity contribution in [3.8, 4) is 0 Å². The fourth-order valence-electron chi connectivity index (χ4n) is 1.76. The Balaban J connectivity index is 1.68. The van der Waals surface area contributed by atoms with Crippen molar-refractivity contribution >= 4 is 11.6 Å². The van der Waals surface area contributed by atoms with Crippen LogP contribution in [0, 0.1) is 0 Å². The van der Waals surface area contributed by atoms with Crippen LogP contribution < -0.4 is 5.32 Å². The van der Waals surface area contributed by atoms with Gasteiger partial charge in [-0.3, -0.25) is 9.89 Å². The van der Waals surface area contributed by atoms with E-state index in [0.29, 0.717) is 5.69 Å². The average Bonchev–Trinajstić information content (AvgIpc) is 2.86. The topological polar surface area (TPSA) is 67.0 Å². The first-order chi connectivity index (χ1) is 7.34. The van der Waals surface area contributed by atoms with Crippen LogP contribution in [0.15, 0.2) is 12.4 Å². The number of amides is 1. The van der Waals surface area contributed by atoms with Crippen LogP contribution in [0.2, 0.25) is 0 Å². The van der Waals surface area contributed by atoms with Gasteiger partial charge in [-0.2, -0.15) is 5.10 Å². The summed E-state index contributed by atoms with van der Waals surface area (Å²) >= 11 is 0. The van der Waals surface area contributed by atoms with E-state index in [-0.39, 0.29) is 18.6 Å². The number of hydrogen-bond donors (Lipinski definition) is 2. The molecule has 1 amide bonds. The maximum absolute atomic E-state index is 11.4. The van der Waals surface area contributed by atoms with Gasteiger partial charge in [-0.1, -0.05) is 12.8 Å². The van der Waals surface area contributed by atoms with Gasteiger partial charge < -0.3 is 10.1 Å². The van der Waals surface area contributed by atoms with Crippen molar-refractivity contribution in [1.82, 2.24) is 10.2 Å². The van der Waals surface area contributed by atoms with Crippen molar-refractivity contribution in [2.45, 2.75) is 31.8 Å². The maximum atomic E-state index is 11.4. The van der Waals surface area contributed by atoms with E-state index in [0.717, 1.165) is 12.8 Å². The molecule has 0 radical (unpaired) electrons. The summed E-state index contributed by atoms with van der Waals surface area (Å²) in [6.45, 7) is 0.135. The van der Waals surface area contributed by atoms with Gasteiger partial charge in [-0.15, -0.1) is 0 Å². The van der Waals surface area contributed by atoms with Crippen LogP contribution in [0.4, 0.5) is 5.69 Å². The summed E-state index contributed by atoms with van der Waals surface area (Å²) in [6.07, 6.45) is 8.07. The van der Waals surface area contributed by atoms with Crippen molar-refractivity contribution in [3.63, 3.8) is 0 Å². The lowest BCUT2D eigenvalue weighted by molar-refractivity contribution is -0.122. The van der Waals surface area contributed by atoms with Gasteiger partial charge in [0.25, 0.3) is 0 Å². The van der Waals surface area contributed by atoms with E-state index in [1.54, 1.807) is 12.4 Å². The van der Waals surface area contributed by atoms with Gasteiger partial charge in [0.05, 0.1) is 18.0 Å². The highest BCUT2D eigenvalue weighted by Gasteiger charge is 2.16. The SMILES string of the molecule is O=C(COC1CCCC1)Nc1cn[nH]c1. The largest absolute Gasteiger partial charge is 0.368 e. The summed E-state index contributed by atoms with van der Waals surface area (Å²) < 4.78 is 5.47. The third kappa shape index (κ3) is 3.06. The zero-order valence-electron chi connectivity index (χ0n) is 8.53. The number of aromatic nitrogens is 2. The molecule has 0 bridgehead atoms. The number of nitrogens with one attached hydrogen (secondary N) is 2. The average molecular weight is 209 g/mol. The predicted octanol–water partition coefficient (Wildman–Crippen LogP) is 1.31. The second-order valence-electron chi connectivity index (χ2n) is 3.75. The number of rotatable bonds is 4. The Morgan fingerprint density at radius 3 is 3.07 bits per heavy atom. The molecule has 2 rings (SSSR count). The van der Waals surface area contributed by atoms with Gasteiger partial charge in [-0.05, 0) is 12.8 Å². The van der Waals surface area contributed by atoms with Gasteiger partial charge in [0.2, 0.25) is 5.91 Å². The first-order valence-electron chi connectivity index (χ1n) is 5.25. The molecule has 1 aromatic rings. The summed E-state index contributed by atoms with van der Waals surface area (Å²) in [5.74, 6) is -0.122. The fraction of sp³-hybridized carbons (Fsp3) is 0.600. The van der Waals surface area contributed by atoms with Crippen molar-refractivity contribution < 1.29 is 9.53 Å². The van der Waals surface area contributed by atoms with Crippen LogP contribution >= 0.6 is 0 Å². The monoisotopic (exact) mass is 209 g/mol. The second-order valence-corrected chi connectivity index (χ2v) is 3.75. The number of nitrogens with zero attached hydrogens (tertiary/aromatic N) is 1. The zero-order chi connectivity index (χ0) is 10.5. The molecule has 1 aliphatic carbocycles. The number of carbonyl (C=O) groups is 1. The van der Waals surface area contributed by atoms with Crippen LogP contribution in [0.5, 0.6) is 0 Å². The maximum Gasteiger partial charge on any atom is 0.250 e. The molecular formula is C10H15N3O2. The highest BCUT2D eigenvalue weighted by molar-refractivity contribution is 5.91. The lowest BCUT2D eigenvalue weighted by atomic mass is 10.3. The number of anilines is 1. The molecule has 1 saturated carbocycles. The van der Waals surface area contributed by atoms with Crippen LogP contribution in [0.3, 0.4) is 0 Å². The van der Waals surface area contributed by atoms with Crippen LogP contribution in [-0.2, 0) is 9.53 Å². The minimum absolute atomic E-state index is 0.122. The molecule has 1 aromatic heterocycles. The highest BCUT2D eigenvalue weighted by atomic mass is 16.5. The van der Waals surface area contributed by atoms with Crippen LogP contribution in [0.25, 0.3) is 0 Å². The van der Waals surface area contributed by atoms with E-state index >= 15 is 0 Å². The highest BCUT2D eigenvalue weighted by Crippen LogP contribution is 2.20. The van der Waals surface area contributed by atoms with Crippen molar-refractivity contribution in [2.75, 3.05) is 11.9 Å². The molecule has 1 aliphatic rings. The zero-order valence-corrected chi connectivity index (χ0v) is 8.53. The van der Waals surface area contributed by atoms with Gasteiger partial charge in [-0.25, -0.2) is 0 Å². The summed E-state index contributed by atoms with van der Waals surface area (Å²) in [6, 6.07) is 0. The molecule has 0 atom stereocenters. The number of aromatic amines is 1. The molecule has 0 unspecified atom stereocenters. The Hall–Kier alpha value is -1.36. The summed E-state index contributed by atoms with van der Waals surface area (Å²) in [5.41, 5.74) is 0.676. The Bertz CT molecular complexity index is 304. The molecule has 0 aliphatic heterocycles. The summed E-state index contributed by atoms with van der Waals surface area (Å²) in [5, 5.41) is 9.05. The van der Waals surface area contributed by atoms with E-state index < -0.39 is 0 Å². The van der Waals surface area contributed by atoms with Gasteiger partial charge in [0.1, 0.15) is 6.61 Å². The first kappa shape index (κ1) is 10.2. The summed E-state index contributed by atoms with van der Waals surface area (Å²) in [7, 11) is 0. The molecule has 0 aromatic carbocycles.